The Morgan fingerprint density at radius 3 is 2.55 bits per heavy atom. The predicted octanol–water partition coefficient (Wildman–Crippen LogP) is 2.88. The molecule has 0 atom stereocenters. The van der Waals surface area contributed by atoms with E-state index in [9.17, 15) is 9.59 Å². The lowest BCUT2D eigenvalue weighted by Gasteiger charge is -2.10. The van der Waals surface area contributed by atoms with Crippen molar-refractivity contribution in [3.63, 3.8) is 0 Å². The van der Waals surface area contributed by atoms with E-state index in [1.165, 1.54) is 37.4 Å². The van der Waals surface area contributed by atoms with Crippen molar-refractivity contribution in [3.05, 3.63) is 52.5 Å². The Labute approximate surface area is 131 Å². The van der Waals surface area contributed by atoms with Gasteiger partial charge in [0.2, 0.25) is 0 Å². The molecular formula is C15H13ClN2O4. The number of nitrogens with one attached hydrogen (secondary N) is 1. The van der Waals surface area contributed by atoms with Crippen LogP contribution in [0.5, 0.6) is 5.75 Å². The molecule has 0 saturated carbocycles. The summed E-state index contributed by atoms with van der Waals surface area (Å²) in [5, 5.41) is 11.7. The number of aromatic carboxylic acids is 1. The molecule has 2 aromatic carbocycles. The van der Waals surface area contributed by atoms with Crippen LogP contribution in [-0.4, -0.2) is 24.1 Å². The number of methoxy groups -OCH3 is 1. The summed E-state index contributed by atoms with van der Waals surface area (Å²) in [5.74, 6) is -1.08. The van der Waals surface area contributed by atoms with Crippen LogP contribution < -0.4 is 15.8 Å². The van der Waals surface area contributed by atoms with Crippen molar-refractivity contribution in [2.45, 2.75) is 0 Å². The van der Waals surface area contributed by atoms with Crippen LogP contribution >= 0.6 is 11.6 Å². The highest BCUT2D eigenvalue weighted by Crippen LogP contribution is 2.25. The van der Waals surface area contributed by atoms with Crippen LogP contribution in [0.15, 0.2) is 36.4 Å². The van der Waals surface area contributed by atoms with Gasteiger partial charge in [-0.2, -0.15) is 0 Å². The number of hydrogen-bond donors (Lipinski definition) is 3. The molecule has 0 saturated heterocycles. The average Bonchev–Trinajstić information content (AvgIpc) is 2.48. The number of ether oxygens (including phenoxy) is 1. The van der Waals surface area contributed by atoms with Gasteiger partial charge in [-0.1, -0.05) is 11.6 Å². The molecule has 114 valence electrons. The summed E-state index contributed by atoms with van der Waals surface area (Å²) in [6, 6.07) is 8.66. The second-order valence-electron chi connectivity index (χ2n) is 4.41. The molecule has 0 radical (unpaired) electrons. The highest BCUT2D eigenvalue weighted by Gasteiger charge is 2.14. The first kappa shape index (κ1) is 15.7. The zero-order valence-corrected chi connectivity index (χ0v) is 12.3. The molecule has 0 aliphatic carbocycles. The molecule has 0 bridgehead atoms. The zero-order valence-electron chi connectivity index (χ0n) is 11.6. The number of amides is 1. The molecule has 0 heterocycles. The number of carbonyl (C=O) groups is 2. The Bertz CT molecular complexity index is 746. The normalized spacial score (nSPS) is 10.1. The predicted molar refractivity (Wildman–Crippen MR) is 83.8 cm³/mol. The fraction of sp³-hybridized carbons (Fsp3) is 0.0667. The number of nitrogens with two attached hydrogens (primary N) is 1. The molecule has 0 fully saturated rings. The molecule has 0 aliphatic heterocycles. The van der Waals surface area contributed by atoms with E-state index in [1.54, 1.807) is 6.07 Å². The lowest BCUT2D eigenvalue weighted by molar-refractivity contribution is 0.0696. The molecule has 0 aliphatic rings. The summed E-state index contributed by atoms with van der Waals surface area (Å²) >= 11 is 5.96. The maximum atomic E-state index is 12.2. The third-order valence-corrected chi connectivity index (χ3v) is 3.29. The van der Waals surface area contributed by atoms with Crippen molar-refractivity contribution in [1.29, 1.82) is 0 Å². The van der Waals surface area contributed by atoms with Crippen LogP contribution in [0.2, 0.25) is 5.02 Å². The minimum absolute atomic E-state index is 0.0161. The van der Waals surface area contributed by atoms with Gasteiger partial charge in [0.15, 0.2) is 0 Å². The topological polar surface area (TPSA) is 102 Å². The number of carboxylic acid groups (broad SMARTS) is 1. The molecule has 0 aromatic heterocycles. The second-order valence-corrected chi connectivity index (χ2v) is 4.81. The first-order chi connectivity index (χ1) is 10.4. The minimum atomic E-state index is -1.11. The Balaban J connectivity index is 2.29. The smallest absolute Gasteiger partial charge is 0.335 e. The molecule has 2 rings (SSSR count). The Morgan fingerprint density at radius 1 is 1.23 bits per heavy atom. The number of nitrogen functional groups attached to an aromatic ring is 1. The van der Waals surface area contributed by atoms with E-state index < -0.39 is 11.9 Å². The number of rotatable bonds is 4. The van der Waals surface area contributed by atoms with E-state index in [2.05, 4.69) is 5.32 Å². The van der Waals surface area contributed by atoms with Crippen molar-refractivity contribution in [3.8, 4) is 5.75 Å². The van der Waals surface area contributed by atoms with Crippen molar-refractivity contribution in [2.75, 3.05) is 18.2 Å². The van der Waals surface area contributed by atoms with Gasteiger partial charge in [-0.3, -0.25) is 4.79 Å². The largest absolute Gasteiger partial charge is 0.497 e. The fourth-order valence-electron chi connectivity index (χ4n) is 1.82. The summed E-state index contributed by atoms with van der Waals surface area (Å²) in [4.78, 5) is 23.2. The van der Waals surface area contributed by atoms with Crippen LogP contribution in [0.4, 0.5) is 11.4 Å². The molecule has 22 heavy (non-hydrogen) atoms. The molecule has 2 aromatic rings. The molecule has 1 amide bonds. The first-order valence-electron chi connectivity index (χ1n) is 6.20. The number of anilines is 2. The molecule has 4 N–H and O–H groups in total. The van der Waals surface area contributed by atoms with Crippen LogP contribution in [0.1, 0.15) is 20.7 Å². The van der Waals surface area contributed by atoms with Gasteiger partial charge < -0.3 is 20.9 Å². The molecule has 0 spiro atoms. The van der Waals surface area contributed by atoms with Gasteiger partial charge in [0.25, 0.3) is 5.91 Å². The van der Waals surface area contributed by atoms with E-state index in [4.69, 9.17) is 27.2 Å². The lowest BCUT2D eigenvalue weighted by Crippen LogP contribution is -2.15. The number of hydrogen-bond acceptors (Lipinski definition) is 4. The van der Waals surface area contributed by atoms with Gasteiger partial charge in [0, 0.05) is 11.8 Å². The van der Waals surface area contributed by atoms with E-state index in [1.807, 2.05) is 0 Å². The van der Waals surface area contributed by atoms with Gasteiger partial charge in [0.1, 0.15) is 5.75 Å². The Hall–Kier alpha value is -2.73. The number of halogens is 1. The second kappa shape index (κ2) is 6.36. The van der Waals surface area contributed by atoms with Gasteiger partial charge in [-0.25, -0.2) is 4.79 Å². The van der Waals surface area contributed by atoms with E-state index >= 15 is 0 Å². The molecule has 0 unspecified atom stereocenters. The number of benzene rings is 2. The van der Waals surface area contributed by atoms with E-state index in [-0.39, 0.29) is 27.5 Å². The highest BCUT2D eigenvalue weighted by atomic mass is 35.5. The fourth-order valence-corrected chi connectivity index (χ4v) is 1.98. The first-order valence-corrected chi connectivity index (χ1v) is 6.58. The number of carboxylic acids is 1. The maximum absolute atomic E-state index is 12.2. The van der Waals surface area contributed by atoms with Crippen LogP contribution in [0, 0.1) is 0 Å². The summed E-state index contributed by atoms with van der Waals surface area (Å²) in [6.45, 7) is 0. The SMILES string of the molecule is COc1ccc(C(=O)Nc2cc(C(=O)O)ccc2Cl)c(N)c1. The summed E-state index contributed by atoms with van der Waals surface area (Å²) < 4.78 is 5.01. The monoisotopic (exact) mass is 320 g/mol. The maximum Gasteiger partial charge on any atom is 0.335 e. The lowest BCUT2D eigenvalue weighted by atomic mass is 10.1. The standard InChI is InChI=1S/C15H13ClN2O4/c1-22-9-3-4-10(12(17)7-9)14(19)18-13-6-8(15(20)21)2-5-11(13)16/h2-7H,17H2,1H3,(H,18,19)(H,20,21). The summed E-state index contributed by atoms with van der Waals surface area (Å²) in [6.07, 6.45) is 0. The third kappa shape index (κ3) is 3.29. The number of carbonyl (C=O) groups excluding carboxylic acids is 1. The Morgan fingerprint density at radius 2 is 1.95 bits per heavy atom. The van der Waals surface area contributed by atoms with Gasteiger partial charge in [-0.15, -0.1) is 0 Å². The van der Waals surface area contributed by atoms with E-state index in [0.29, 0.717) is 5.75 Å². The zero-order chi connectivity index (χ0) is 16.3. The van der Waals surface area contributed by atoms with Crippen molar-refractivity contribution < 1.29 is 19.4 Å². The van der Waals surface area contributed by atoms with Crippen LogP contribution in [0.3, 0.4) is 0 Å². The quantitative estimate of drug-likeness (QED) is 0.752. The van der Waals surface area contributed by atoms with Crippen molar-refractivity contribution in [1.82, 2.24) is 0 Å². The highest BCUT2D eigenvalue weighted by molar-refractivity contribution is 6.34. The average molecular weight is 321 g/mol. The summed E-state index contributed by atoms with van der Waals surface area (Å²) in [7, 11) is 1.49. The Kier molecular flexibility index (Phi) is 4.53. The van der Waals surface area contributed by atoms with Crippen LogP contribution in [-0.2, 0) is 0 Å². The van der Waals surface area contributed by atoms with Crippen molar-refractivity contribution >= 4 is 34.9 Å². The molecule has 7 heteroatoms. The van der Waals surface area contributed by atoms with Crippen molar-refractivity contribution in [2.24, 2.45) is 0 Å². The van der Waals surface area contributed by atoms with Crippen LogP contribution in [0.25, 0.3) is 0 Å². The third-order valence-electron chi connectivity index (χ3n) is 2.96. The molecule has 6 nitrogen and oxygen atoms in total. The van der Waals surface area contributed by atoms with Gasteiger partial charge in [-0.05, 0) is 30.3 Å². The summed E-state index contributed by atoms with van der Waals surface area (Å²) in [5.41, 5.74) is 6.48. The van der Waals surface area contributed by atoms with Gasteiger partial charge in [0.05, 0.1) is 28.9 Å². The molecular weight excluding hydrogens is 308 g/mol. The van der Waals surface area contributed by atoms with E-state index in [0.717, 1.165) is 0 Å². The van der Waals surface area contributed by atoms with Gasteiger partial charge >= 0.3 is 5.97 Å². The minimum Gasteiger partial charge on any atom is -0.497 e.